The van der Waals surface area contributed by atoms with Crippen LogP contribution in [-0.2, 0) is 0 Å². The molecule has 2 nitrogen and oxygen atoms in total. The second-order valence-corrected chi connectivity index (χ2v) is 5.33. The van der Waals surface area contributed by atoms with Crippen LogP contribution < -0.4 is 0 Å². The van der Waals surface area contributed by atoms with E-state index in [-0.39, 0.29) is 17.3 Å². The van der Waals surface area contributed by atoms with Crippen LogP contribution in [0.15, 0.2) is 18.2 Å². The summed E-state index contributed by atoms with van der Waals surface area (Å²) in [6.45, 7) is 5.57. The predicted molar refractivity (Wildman–Crippen MR) is 71.1 cm³/mol. The molecule has 0 fully saturated rings. The van der Waals surface area contributed by atoms with Crippen LogP contribution in [0.5, 0.6) is 0 Å². The van der Waals surface area contributed by atoms with Crippen LogP contribution in [0.2, 0.25) is 0 Å². The molecule has 0 radical (unpaired) electrons. The van der Waals surface area contributed by atoms with Crippen LogP contribution >= 0.6 is 15.9 Å². The maximum atomic E-state index is 13.4. The van der Waals surface area contributed by atoms with Crippen molar-refractivity contribution in [3.8, 4) is 0 Å². The minimum atomic E-state index is -0.346. The Bertz CT molecular complexity index is 431. The minimum Gasteiger partial charge on any atom is -0.336 e. The molecule has 0 aliphatic rings. The van der Waals surface area contributed by atoms with Gasteiger partial charge in [-0.3, -0.25) is 4.79 Å². The minimum absolute atomic E-state index is 0.173. The number of nitrogens with zero attached hydrogens (tertiary/aromatic N) is 1. The molecule has 1 amide bonds. The van der Waals surface area contributed by atoms with Crippen molar-refractivity contribution in [1.82, 2.24) is 4.90 Å². The Hall–Kier alpha value is -0.900. The smallest absolute Gasteiger partial charge is 0.254 e. The van der Waals surface area contributed by atoms with Gasteiger partial charge < -0.3 is 4.90 Å². The highest BCUT2D eigenvalue weighted by Gasteiger charge is 2.27. The molecule has 0 heterocycles. The predicted octanol–water partition coefficient (Wildman–Crippen LogP) is 3.38. The maximum absolute atomic E-state index is 13.4. The van der Waals surface area contributed by atoms with Gasteiger partial charge in [0, 0.05) is 23.5 Å². The topological polar surface area (TPSA) is 20.3 Å². The standard InChI is InChI=1S/C13H17BrFNO/c1-9-5-6-10(7-11(9)15)12(17)16(4)13(2,3)8-14/h5-7H,8H2,1-4H3. The van der Waals surface area contributed by atoms with E-state index >= 15 is 0 Å². The molecule has 1 aromatic carbocycles. The van der Waals surface area contributed by atoms with Crippen molar-refractivity contribution in [3.05, 3.63) is 35.1 Å². The van der Waals surface area contributed by atoms with Gasteiger partial charge in [-0.15, -0.1) is 0 Å². The molecule has 17 heavy (non-hydrogen) atoms. The summed E-state index contributed by atoms with van der Waals surface area (Å²) in [6, 6.07) is 4.57. The SMILES string of the molecule is Cc1ccc(C(=O)N(C)C(C)(C)CBr)cc1F. The largest absolute Gasteiger partial charge is 0.336 e. The molecule has 0 bridgehead atoms. The summed E-state index contributed by atoms with van der Waals surface area (Å²) in [7, 11) is 1.72. The Morgan fingerprint density at radius 1 is 1.47 bits per heavy atom. The molecule has 0 N–H and O–H groups in total. The highest BCUT2D eigenvalue weighted by molar-refractivity contribution is 9.09. The molecule has 1 aromatic rings. The van der Waals surface area contributed by atoms with Gasteiger partial charge in [0.05, 0.1) is 0 Å². The lowest BCUT2D eigenvalue weighted by Crippen LogP contribution is -2.46. The molecule has 0 saturated heterocycles. The van der Waals surface area contributed by atoms with E-state index in [9.17, 15) is 9.18 Å². The van der Waals surface area contributed by atoms with Crippen molar-refractivity contribution in [2.24, 2.45) is 0 Å². The van der Waals surface area contributed by atoms with Crippen LogP contribution in [0.3, 0.4) is 0 Å². The third kappa shape index (κ3) is 3.06. The van der Waals surface area contributed by atoms with Crippen molar-refractivity contribution in [2.75, 3.05) is 12.4 Å². The monoisotopic (exact) mass is 301 g/mol. The van der Waals surface area contributed by atoms with E-state index < -0.39 is 0 Å². The molecule has 0 unspecified atom stereocenters. The van der Waals surface area contributed by atoms with Crippen LogP contribution in [0.25, 0.3) is 0 Å². The number of alkyl halides is 1. The normalized spacial score (nSPS) is 11.4. The summed E-state index contributed by atoms with van der Waals surface area (Å²) in [5.41, 5.74) is 0.618. The summed E-state index contributed by atoms with van der Waals surface area (Å²) in [5.74, 6) is -0.519. The maximum Gasteiger partial charge on any atom is 0.254 e. The lowest BCUT2D eigenvalue weighted by molar-refractivity contribution is 0.0663. The number of halogens is 2. The number of benzene rings is 1. The lowest BCUT2D eigenvalue weighted by Gasteiger charge is -2.34. The molecule has 0 spiro atoms. The Labute approximate surface area is 110 Å². The molecule has 0 atom stereocenters. The summed E-state index contributed by atoms with van der Waals surface area (Å²) in [6.07, 6.45) is 0. The van der Waals surface area contributed by atoms with Crippen LogP contribution in [0.1, 0.15) is 29.8 Å². The fraction of sp³-hybridized carbons (Fsp3) is 0.462. The first kappa shape index (κ1) is 14.2. The van der Waals surface area contributed by atoms with E-state index in [1.165, 1.54) is 6.07 Å². The van der Waals surface area contributed by atoms with Gasteiger partial charge in [-0.05, 0) is 38.5 Å². The summed E-state index contributed by atoms with van der Waals surface area (Å²) < 4.78 is 13.4. The molecule has 94 valence electrons. The Morgan fingerprint density at radius 3 is 2.53 bits per heavy atom. The van der Waals surface area contributed by atoms with E-state index in [1.54, 1.807) is 31.0 Å². The van der Waals surface area contributed by atoms with E-state index in [4.69, 9.17) is 0 Å². The number of aryl methyl sites for hydroxylation is 1. The van der Waals surface area contributed by atoms with Gasteiger partial charge in [-0.2, -0.15) is 0 Å². The zero-order valence-electron chi connectivity index (χ0n) is 10.6. The third-order valence-electron chi connectivity index (χ3n) is 2.96. The average molecular weight is 302 g/mol. The number of hydrogen-bond donors (Lipinski definition) is 0. The first-order valence-corrected chi connectivity index (χ1v) is 6.52. The number of carbonyl (C=O) groups excluding carboxylic acids is 1. The van der Waals surface area contributed by atoms with Crippen molar-refractivity contribution in [1.29, 1.82) is 0 Å². The second kappa shape index (κ2) is 5.17. The molecular weight excluding hydrogens is 285 g/mol. The van der Waals surface area contributed by atoms with Crippen LogP contribution in [-0.4, -0.2) is 28.7 Å². The molecular formula is C13H17BrFNO. The zero-order chi connectivity index (χ0) is 13.2. The Balaban J connectivity index is 3.01. The fourth-order valence-electron chi connectivity index (χ4n) is 1.28. The van der Waals surface area contributed by atoms with Gasteiger partial charge in [-0.25, -0.2) is 4.39 Å². The third-order valence-corrected chi connectivity index (χ3v) is 4.33. The average Bonchev–Trinajstić information content (AvgIpc) is 2.30. The van der Waals surface area contributed by atoms with Crippen molar-refractivity contribution in [3.63, 3.8) is 0 Å². The van der Waals surface area contributed by atoms with Crippen LogP contribution in [0.4, 0.5) is 4.39 Å². The van der Waals surface area contributed by atoms with Gasteiger partial charge in [0.2, 0.25) is 0 Å². The van der Waals surface area contributed by atoms with Gasteiger partial charge in [0.15, 0.2) is 0 Å². The first-order valence-electron chi connectivity index (χ1n) is 5.40. The molecule has 1 rings (SSSR count). The van der Waals surface area contributed by atoms with Crippen molar-refractivity contribution in [2.45, 2.75) is 26.3 Å². The highest BCUT2D eigenvalue weighted by atomic mass is 79.9. The highest BCUT2D eigenvalue weighted by Crippen LogP contribution is 2.19. The lowest BCUT2D eigenvalue weighted by atomic mass is 10.0. The van der Waals surface area contributed by atoms with E-state index in [0.717, 1.165) is 0 Å². The zero-order valence-corrected chi connectivity index (χ0v) is 12.1. The summed E-state index contributed by atoms with van der Waals surface area (Å²) >= 11 is 3.37. The van der Waals surface area contributed by atoms with E-state index in [2.05, 4.69) is 15.9 Å². The molecule has 4 heteroatoms. The Morgan fingerprint density at radius 2 is 2.06 bits per heavy atom. The number of amides is 1. The van der Waals surface area contributed by atoms with Crippen LogP contribution in [0, 0.1) is 12.7 Å². The van der Waals surface area contributed by atoms with Gasteiger partial charge in [0.1, 0.15) is 5.82 Å². The quantitative estimate of drug-likeness (QED) is 0.784. The fourth-order valence-corrected chi connectivity index (χ4v) is 1.66. The summed E-state index contributed by atoms with van der Waals surface area (Å²) in [4.78, 5) is 13.8. The van der Waals surface area contributed by atoms with Crippen molar-refractivity contribution < 1.29 is 9.18 Å². The van der Waals surface area contributed by atoms with Crippen molar-refractivity contribution >= 4 is 21.8 Å². The summed E-state index contributed by atoms with van der Waals surface area (Å²) in [5, 5.41) is 0.663. The number of hydrogen-bond acceptors (Lipinski definition) is 1. The van der Waals surface area contributed by atoms with E-state index in [1.807, 2.05) is 13.8 Å². The van der Waals surface area contributed by atoms with E-state index in [0.29, 0.717) is 16.5 Å². The van der Waals surface area contributed by atoms with Gasteiger partial charge >= 0.3 is 0 Å². The van der Waals surface area contributed by atoms with Gasteiger partial charge in [-0.1, -0.05) is 22.0 Å². The number of carbonyl (C=O) groups is 1. The molecule has 0 saturated carbocycles. The molecule has 0 aliphatic heterocycles. The first-order chi connectivity index (χ1) is 7.79. The number of rotatable bonds is 3. The Kier molecular flexibility index (Phi) is 4.31. The molecule has 0 aromatic heterocycles. The second-order valence-electron chi connectivity index (χ2n) is 4.77. The van der Waals surface area contributed by atoms with Gasteiger partial charge in [0.25, 0.3) is 5.91 Å². The molecule has 0 aliphatic carbocycles.